The van der Waals surface area contributed by atoms with Gasteiger partial charge in [0.15, 0.2) is 5.82 Å². The van der Waals surface area contributed by atoms with Gasteiger partial charge in [0, 0.05) is 23.3 Å². The van der Waals surface area contributed by atoms with E-state index in [9.17, 15) is 0 Å². The van der Waals surface area contributed by atoms with Gasteiger partial charge in [-0.15, -0.1) is 0 Å². The fraction of sp³-hybridized carbons (Fsp3) is 0.500. The quantitative estimate of drug-likeness (QED) is 0.900. The molecule has 2 aromatic rings. The number of aryl methyl sites for hydroxylation is 1. The summed E-state index contributed by atoms with van der Waals surface area (Å²) in [4.78, 5) is 13.2. The summed E-state index contributed by atoms with van der Waals surface area (Å²) in [5.74, 6) is 1.25. The van der Waals surface area contributed by atoms with Gasteiger partial charge >= 0.3 is 0 Å². The van der Waals surface area contributed by atoms with E-state index >= 15 is 0 Å². The highest BCUT2D eigenvalue weighted by Crippen LogP contribution is 2.28. The first-order valence-corrected chi connectivity index (χ1v) is 6.37. The highest BCUT2D eigenvalue weighted by molar-refractivity contribution is 5.90. The fourth-order valence-electron chi connectivity index (χ4n) is 2.12. The van der Waals surface area contributed by atoms with E-state index in [-0.39, 0.29) is 0 Å². The van der Waals surface area contributed by atoms with Crippen molar-refractivity contribution in [2.75, 3.05) is 5.32 Å². The minimum atomic E-state index is 0.332. The Morgan fingerprint density at radius 2 is 1.89 bits per heavy atom. The normalized spacial score (nSPS) is 11.5. The van der Waals surface area contributed by atoms with Gasteiger partial charge in [-0.3, -0.25) is 0 Å². The standard InChI is InChI=1S/C14H20N4/c1-8(2)12-10(5)11-6-15-7-16-13(11)14(18-12)17-9(3)4/h6-9H,1-5H3,(H,17,18). The van der Waals surface area contributed by atoms with Gasteiger partial charge in [0.05, 0.1) is 0 Å². The molecule has 18 heavy (non-hydrogen) atoms. The first kappa shape index (κ1) is 12.7. The van der Waals surface area contributed by atoms with E-state index in [1.54, 1.807) is 6.33 Å². The van der Waals surface area contributed by atoms with Crippen LogP contribution in [0.25, 0.3) is 10.9 Å². The van der Waals surface area contributed by atoms with Gasteiger partial charge in [0.25, 0.3) is 0 Å². The van der Waals surface area contributed by atoms with Gasteiger partial charge in [-0.05, 0) is 32.3 Å². The molecule has 0 atom stereocenters. The van der Waals surface area contributed by atoms with Gasteiger partial charge in [0.2, 0.25) is 0 Å². The van der Waals surface area contributed by atoms with Gasteiger partial charge in [-0.2, -0.15) is 0 Å². The molecule has 0 aliphatic rings. The number of nitrogens with one attached hydrogen (secondary N) is 1. The number of aromatic nitrogens is 3. The molecule has 0 unspecified atom stereocenters. The van der Waals surface area contributed by atoms with Crippen molar-refractivity contribution in [2.45, 2.75) is 46.6 Å². The van der Waals surface area contributed by atoms with Crippen LogP contribution in [0.2, 0.25) is 0 Å². The third-order valence-corrected chi connectivity index (χ3v) is 2.93. The summed E-state index contributed by atoms with van der Waals surface area (Å²) in [6.45, 7) is 10.6. The molecule has 0 saturated heterocycles. The van der Waals surface area contributed by atoms with Gasteiger partial charge < -0.3 is 5.32 Å². The molecule has 4 nitrogen and oxygen atoms in total. The Morgan fingerprint density at radius 1 is 1.17 bits per heavy atom. The Hall–Kier alpha value is -1.71. The molecular formula is C14H20N4. The lowest BCUT2D eigenvalue weighted by Gasteiger charge is -2.17. The topological polar surface area (TPSA) is 50.7 Å². The second-order valence-electron chi connectivity index (χ2n) is 5.21. The Kier molecular flexibility index (Phi) is 3.45. The number of fused-ring (bicyclic) bond motifs is 1. The van der Waals surface area contributed by atoms with Crippen LogP contribution < -0.4 is 5.32 Å². The van der Waals surface area contributed by atoms with Crippen LogP contribution in [0.3, 0.4) is 0 Å². The average molecular weight is 244 g/mol. The lowest BCUT2D eigenvalue weighted by molar-refractivity contribution is 0.808. The zero-order chi connectivity index (χ0) is 13.3. The number of anilines is 1. The number of nitrogens with zero attached hydrogens (tertiary/aromatic N) is 3. The van der Waals surface area contributed by atoms with Gasteiger partial charge in [-0.1, -0.05) is 13.8 Å². The van der Waals surface area contributed by atoms with Crippen LogP contribution in [-0.2, 0) is 0 Å². The Bertz CT molecular complexity index is 561. The number of pyridine rings is 1. The van der Waals surface area contributed by atoms with Gasteiger partial charge in [-0.25, -0.2) is 15.0 Å². The summed E-state index contributed by atoms with van der Waals surface area (Å²) in [6, 6.07) is 0.332. The smallest absolute Gasteiger partial charge is 0.153 e. The minimum Gasteiger partial charge on any atom is -0.366 e. The van der Waals surface area contributed by atoms with Crippen molar-refractivity contribution < 1.29 is 0 Å². The predicted molar refractivity (Wildman–Crippen MR) is 74.9 cm³/mol. The molecule has 0 amide bonds. The summed E-state index contributed by atoms with van der Waals surface area (Å²) in [7, 11) is 0. The predicted octanol–water partition coefficient (Wildman–Crippen LogP) is 3.28. The molecule has 0 radical (unpaired) electrons. The van der Waals surface area contributed by atoms with E-state index in [1.165, 1.54) is 5.56 Å². The maximum absolute atomic E-state index is 4.74. The molecule has 0 aromatic carbocycles. The van der Waals surface area contributed by atoms with E-state index in [0.717, 1.165) is 22.4 Å². The largest absolute Gasteiger partial charge is 0.366 e. The molecule has 2 aromatic heterocycles. The van der Waals surface area contributed by atoms with Crippen molar-refractivity contribution in [3.63, 3.8) is 0 Å². The summed E-state index contributed by atoms with van der Waals surface area (Å²) in [5.41, 5.74) is 3.19. The zero-order valence-electron chi connectivity index (χ0n) is 11.7. The summed E-state index contributed by atoms with van der Waals surface area (Å²) >= 11 is 0. The maximum atomic E-state index is 4.74. The fourth-order valence-corrected chi connectivity index (χ4v) is 2.12. The number of hydrogen-bond donors (Lipinski definition) is 1. The molecule has 0 aliphatic heterocycles. The molecule has 0 bridgehead atoms. The van der Waals surface area contributed by atoms with Crippen LogP contribution in [-0.4, -0.2) is 21.0 Å². The lowest BCUT2D eigenvalue weighted by Crippen LogP contribution is -2.14. The van der Waals surface area contributed by atoms with E-state index in [4.69, 9.17) is 4.98 Å². The van der Waals surface area contributed by atoms with Crippen LogP contribution in [0.4, 0.5) is 5.82 Å². The van der Waals surface area contributed by atoms with Crippen LogP contribution in [0, 0.1) is 6.92 Å². The lowest BCUT2D eigenvalue weighted by atomic mass is 10.0. The first-order valence-electron chi connectivity index (χ1n) is 6.37. The van der Waals surface area contributed by atoms with Crippen molar-refractivity contribution in [1.29, 1.82) is 0 Å². The molecule has 0 aliphatic carbocycles. The monoisotopic (exact) mass is 244 g/mol. The molecule has 2 rings (SSSR count). The minimum absolute atomic E-state index is 0.332. The average Bonchev–Trinajstić information content (AvgIpc) is 2.32. The van der Waals surface area contributed by atoms with E-state index < -0.39 is 0 Å². The Morgan fingerprint density at radius 3 is 2.50 bits per heavy atom. The van der Waals surface area contributed by atoms with Gasteiger partial charge in [0.1, 0.15) is 11.8 Å². The Labute approximate surface area is 108 Å². The Balaban J connectivity index is 2.71. The second-order valence-corrected chi connectivity index (χ2v) is 5.21. The highest BCUT2D eigenvalue weighted by Gasteiger charge is 2.14. The van der Waals surface area contributed by atoms with Crippen molar-refractivity contribution in [1.82, 2.24) is 15.0 Å². The third kappa shape index (κ3) is 2.28. The molecule has 0 saturated carbocycles. The van der Waals surface area contributed by atoms with Crippen LogP contribution in [0.5, 0.6) is 0 Å². The van der Waals surface area contributed by atoms with Crippen molar-refractivity contribution in [3.05, 3.63) is 23.8 Å². The number of rotatable bonds is 3. The SMILES string of the molecule is Cc1c(C(C)C)nc(NC(C)C)c2ncncc12. The summed E-state index contributed by atoms with van der Waals surface area (Å²) in [6.07, 6.45) is 3.45. The van der Waals surface area contributed by atoms with Crippen LogP contribution >= 0.6 is 0 Å². The molecule has 2 heterocycles. The van der Waals surface area contributed by atoms with Crippen molar-refractivity contribution in [3.8, 4) is 0 Å². The van der Waals surface area contributed by atoms with Crippen LogP contribution in [0.15, 0.2) is 12.5 Å². The highest BCUT2D eigenvalue weighted by atomic mass is 15.0. The molecule has 96 valence electrons. The molecule has 0 fully saturated rings. The molecule has 1 N–H and O–H groups in total. The van der Waals surface area contributed by atoms with E-state index in [0.29, 0.717) is 12.0 Å². The van der Waals surface area contributed by atoms with Crippen molar-refractivity contribution >= 4 is 16.7 Å². The molecule has 4 heteroatoms. The van der Waals surface area contributed by atoms with Crippen LogP contribution in [0.1, 0.15) is 44.9 Å². The van der Waals surface area contributed by atoms with E-state index in [1.807, 2.05) is 6.20 Å². The summed E-state index contributed by atoms with van der Waals surface area (Å²) < 4.78 is 0. The molecule has 0 spiro atoms. The molecular weight excluding hydrogens is 224 g/mol. The second kappa shape index (κ2) is 4.88. The number of hydrogen-bond acceptors (Lipinski definition) is 4. The zero-order valence-corrected chi connectivity index (χ0v) is 11.7. The third-order valence-electron chi connectivity index (χ3n) is 2.93. The first-order chi connectivity index (χ1) is 8.50. The van der Waals surface area contributed by atoms with E-state index in [2.05, 4.69) is 49.9 Å². The maximum Gasteiger partial charge on any atom is 0.153 e. The summed E-state index contributed by atoms with van der Waals surface area (Å²) in [5, 5.41) is 4.45. The van der Waals surface area contributed by atoms with Crippen molar-refractivity contribution in [2.24, 2.45) is 0 Å².